The molecule has 26 heavy (non-hydrogen) atoms. The Morgan fingerprint density at radius 3 is 2.62 bits per heavy atom. The predicted octanol–water partition coefficient (Wildman–Crippen LogP) is 2.40. The first-order chi connectivity index (χ1) is 12.3. The van der Waals surface area contributed by atoms with Crippen LogP contribution >= 0.6 is 11.6 Å². The summed E-state index contributed by atoms with van der Waals surface area (Å²) in [5.74, 6) is -0.101. The molecule has 2 heterocycles. The Morgan fingerprint density at radius 2 is 2.00 bits per heavy atom. The van der Waals surface area contributed by atoms with E-state index >= 15 is 0 Å². The number of hydrogen-bond acceptors (Lipinski definition) is 5. The van der Waals surface area contributed by atoms with Crippen molar-refractivity contribution in [2.75, 3.05) is 24.4 Å². The minimum absolute atomic E-state index is 0.00403. The van der Waals surface area contributed by atoms with Gasteiger partial charge in [-0.2, -0.15) is 0 Å². The summed E-state index contributed by atoms with van der Waals surface area (Å²) in [6.07, 6.45) is 1.19. The number of ether oxygens (including phenoxy) is 1. The molecule has 1 N–H and O–H groups in total. The van der Waals surface area contributed by atoms with Gasteiger partial charge in [-0.25, -0.2) is 13.4 Å². The monoisotopic (exact) mass is 395 g/mol. The summed E-state index contributed by atoms with van der Waals surface area (Å²) in [5.41, 5.74) is 0.849. The predicted molar refractivity (Wildman–Crippen MR) is 97.8 cm³/mol. The Bertz CT molecular complexity index is 885. The number of carbonyl (C=O) groups is 1. The number of amides is 1. The smallest absolute Gasteiger partial charge is 0.263 e. The second-order valence-corrected chi connectivity index (χ2v) is 8.00. The molecule has 7 nitrogen and oxygen atoms in total. The SMILES string of the molecule is CC1CN(C(=O)c2ccc(NS(=O)(=O)c3ccc(Cl)nc3)cc2)CCO1. The van der Waals surface area contributed by atoms with E-state index in [1.807, 2.05) is 6.92 Å². The molecular weight excluding hydrogens is 378 g/mol. The van der Waals surface area contributed by atoms with Crippen LogP contribution in [0.5, 0.6) is 0 Å². The number of morpholine rings is 1. The highest BCUT2D eigenvalue weighted by Crippen LogP contribution is 2.18. The van der Waals surface area contributed by atoms with E-state index in [4.69, 9.17) is 16.3 Å². The molecule has 1 aliphatic rings. The standard InChI is InChI=1S/C17H18ClN3O4S/c1-12-11-21(8-9-25-12)17(22)13-2-4-14(5-3-13)20-26(23,24)15-6-7-16(18)19-10-15/h2-7,10,12,20H,8-9,11H2,1H3. The summed E-state index contributed by atoms with van der Waals surface area (Å²) in [6.45, 7) is 3.51. The molecule has 0 bridgehead atoms. The van der Waals surface area contributed by atoms with Crippen LogP contribution < -0.4 is 4.72 Å². The number of sulfonamides is 1. The van der Waals surface area contributed by atoms with Crippen LogP contribution in [0, 0.1) is 0 Å². The molecule has 138 valence electrons. The molecule has 0 saturated carbocycles. The van der Waals surface area contributed by atoms with Crippen molar-refractivity contribution in [1.82, 2.24) is 9.88 Å². The fourth-order valence-electron chi connectivity index (χ4n) is 2.60. The quantitative estimate of drug-likeness (QED) is 0.803. The molecule has 0 aliphatic carbocycles. The van der Waals surface area contributed by atoms with Gasteiger partial charge in [0.2, 0.25) is 0 Å². The van der Waals surface area contributed by atoms with Gasteiger partial charge in [-0.1, -0.05) is 11.6 Å². The van der Waals surface area contributed by atoms with E-state index in [1.165, 1.54) is 18.3 Å². The first kappa shape index (κ1) is 18.6. The van der Waals surface area contributed by atoms with Crippen LogP contribution in [0.3, 0.4) is 0 Å². The molecule has 1 fully saturated rings. The molecule has 0 spiro atoms. The number of halogens is 1. The van der Waals surface area contributed by atoms with Crippen molar-refractivity contribution >= 4 is 33.2 Å². The fourth-order valence-corrected chi connectivity index (χ4v) is 3.72. The number of nitrogens with zero attached hydrogens (tertiary/aromatic N) is 2. The third-order valence-electron chi connectivity index (χ3n) is 3.92. The second kappa shape index (κ2) is 7.61. The van der Waals surface area contributed by atoms with Crippen LogP contribution in [0.2, 0.25) is 5.15 Å². The zero-order valence-corrected chi connectivity index (χ0v) is 15.6. The van der Waals surface area contributed by atoms with Crippen LogP contribution in [0.1, 0.15) is 17.3 Å². The van der Waals surface area contributed by atoms with E-state index in [-0.39, 0.29) is 22.1 Å². The Labute approximate surface area is 157 Å². The molecule has 1 unspecified atom stereocenters. The summed E-state index contributed by atoms with van der Waals surface area (Å²) >= 11 is 5.67. The highest BCUT2D eigenvalue weighted by atomic mass is 35.5. The molecule has 1 amide bonds. The lowest BCUT2D eigenvalue weighted by atomic mass is 10.1. The molecule has 1 aromatic carbocycles. The lowest BCUT2D eigenvalue weighted by molar-refractivity contribution is -0.0124. The third kappa shape index (κ3) is 4.32. The lowest BCUT2D eigenvalue weighted by Crippen LogP contribution is -2.44. The van der Waals surface area contributed by atoms with E-state index in [0.29, 0.717) is 30.9 Å². The van der Waals surface area contributed by atoms with Crippen molar-refractivity contribution in [3.8, 4) is 0 Å². The number of pyridine rings is 1. The minimum atomic E-state index is -3.77. The molecule has 1 atom stereocenters. The molecule has 1 aliphatic heterocycles. The van der Waals surface area contributed by atoms with Gasteiger partial charge in [0, 0.05) is 30.5 Å². The van der Waals surface area contributed by atoms with E-state index in [0.717, 1.165) is 0 Å². The van der Waals surface area contributed by atoms with Crippen LogP contribution in [0.25, 0.3) is 0 Å². The Balaban J connectivity index is 1.71. The van der Waals surface area contributed by atoms with E-state index in [9.17, 15) is 13.2 Å². The highest BCUT2D eigenvalue weighted by molar-refractivity contribution is 7.92. The van der Waals surface area contributed by atoms with Gasteiger partial charge >= 0.3 is 0 Å². The van der Waals surface area contributed by atoms with Gasteiger partial charge in [-0.15, -0.1) is 0 Å². The van der Waals surface area contributed by atoms with Crippen molar-refractivity contribution in [2.24, 2.45) is 0 Å². The zero-order valence-electron chi connectivity index (χ0n) is 14.1. The van der Waals surface area contributed by atoms with Crippen molar-refractivity contribution in [2.45, 2.75) is 17.9 Å². The second-order valence-electron chi connectivity index (χ2n) is 5.93. The minimum Gasteiger partial charge on any atom is -0.375 e. The highest BCUT2D eigenvalue weighted by Gasteiger charge is 2.22. The normalized spacial score (nSPS) is 17.8. The average Bonchev–Trinajstić information content (AvgIpc) is 2.62. The fraction of sp³-hybridized carbons (Fsp3) is 0.294. The molecule has 3 rings (SSSR count). The number of benzene rings is 1. The number of nitrogens with one attached hydrogen (secondary N) is 1. The molecule has 2 aromatic rings. The topological polar surface area (TPSA) is 88.6 Å². The number of hydrogen-bond donors (Lipinski definition) is 1. The summed E-state index contributed by atoms with van der Waals surface area (Å²) in [4.78, 5) is 18.0. The average molecular weight is 396 g/mol. The Kier molecular flexibility index (Phi) is 5.45. The third-order valence-corrected chi connectivity index (χ3v) is 5.51. The van der Waals surface area contributed by atoms with E-state index < -0.39 is 10.0 Å². The number of aromatic nitrogens is 1. The molecule has 1 aromatic heterocycles. The van der Waals surface area contributed by atoms with Gasteiger partial charge in [0.1, 0.15) is 10.0 Å². The molecule has 0 radical (unpaired) electrons. The van der Waals surface area contributed by atoms with Crippen molar-refractivity contribution in [1.29, 1.82) is 0 Å². The molecule has 9 heteroatoms. The summed E-state index contributed by atoms with van der Waals surface area (Å²) in [5, 5.41) is 0.212. The van der Waals surface area contributed by atoms with Gasteiger partial charge in [0.15, 0.2) is 0 Å². The Hall–Kier alpha value is -2.16. The largest absolute Gasteiger partial charge is 0.375 e. The summed E-state index contributed by atoms with van der Waals surface area (Å²) in [7, 11) is -3.77. The van der Waals surface area contributed by atoms with Crippen LogP contribution in [-0.4, -0.2) is 50.0 Å². The number of carbonyl (C=O) groups excluding carboxylic acids is 1. The van der Waals surface area contributed by atoms with Crippen molar-refractivity contribution < 1.29 is 17.9 Å². The Morgan fingerprint density at radius 1 is 1.27 bits per heavy atom. The molecular formula is C17H18ClN3O4S. The maximum absolute atomic E-state index is 12.5. The van der Waals surface area contributed by atoms with Gasteiger partial charge < -0.3 is 9.64 Å². The maximum atomic E-state index is 12.5. The molecule has 1 saturated heterocycles. The van der Waals surface area contributed by atoms with Crippen molar-refractivity contribution in [3.63, 3.8) is 0 Å². The number of anilines is 1. The van der Waals surface area contributed by atoms with Gasteiger partial charge in [-0.05, 0) is 43.3 Å². The van der Waals surface area contributed by atoms with Crippen LogP contribution in [-0.2, 0) is 14.8 Å². The first-order valence-electron chi connectivity index (χ1n) is 8.00. The first-order valence-corrected chi connectivity index (χ1v) is 9.86. The zero-order chi connectivity index (χ0) is 18.7. The van der Waals surface area contributed by atoms with Crippen LogP contribution in [0.4, 0.5) is 5.69 Å². The maximum Gasteiger partial charge on any atom is 0.263 e. The van der Waals surface area contributed by atoms with E-state index in [1.54, 1.807) is 29.2 Å². The summed E-state index contributed by atoms with van der Waals surface area (Å²) < 4.78 is 32.5. The number of rotatable bonds is 4. The van der Waals surface area contributed by atoms with E-state index in [2.05, 4.69) is 9.71 Å². The van der Waals surface area contributed by atoms with Crippen molar-refractivity contribution in [3.05, 3.63) is 53.3 Å². The summed E-state index contributed by atoms with van der Waals surface area (Å²) in [6, 6.07) is 9.08. The van der Waals surface area contributed by atoms with Gasteiger partial charge in [0.25, 0.3) is 15.9 Å². The van der Waals surface area contributed by atoms with Gasteiger partial charge in [-0.3, -0.25) is 9.52 Å². The van der Waals surface area contributed by atoms with Crippen LogP contribution in [0.15, 0.2) is 47.5 Å². The van der Waals surface area contributed by atoms with Gasteiger partial charge in [0.05, 0.1) is 12.7 Å². The lowest BCUT2D eigenvalue weighted by Gasteiger charge is -2.31.